The molecule has 0 saturated carbocycles. The maximum atomic E-state index is 7.01. The van der Waals surface area contributed by atoms with Gasteiger partial charge in [0.05, 0.1) is 11.2 Å². The lowest BCUT2D eigenvalue weighted by atomic mass is 9.80. The van der Waals surface area contributed by atoms with E-state index in [0.717, 1.165) is 22.3 Å². The molecule has 1 aliphatic carbocycles. The minimum Gasteiger partial charge on any atom is -0.384 e. The fourth-order valence-electron chi connectivity index (χ4n) is 8.24. The van der Waals surface area contributed by atoms with E-state index in [9.17, 15) is 0 Å². The SMILES string of the molecule is C=N.Cc1cc(-c2cccc3c2-c2ccc4ccccc4c2C3(C)C)cc(-c2nc3ccccc3c3ccccc23)c1.Cc1ccccc1.N=C(N)c1ccccc1. The van der Waals surface area contributed by atoms with Gasteiger partial charge in [-0.2, -0.15) is 0 Å². The van der Waals surface area contributed by atoms with Crippen LogP contribution in [0.4, 0.5) is 0 Å². The third-order valence-electron chi connectivity index (χ3n) is 10.9. The van der Waals surface area contributed by atoms with Gasteiger partial charge in [-0.15, -0.1) is 0 Å². The number of aryl methyl sites for hydroxylation is 2. The molecule has 0 amide bonds. The lowest BCUT2D eigenvalue weighted by molar-refractivity contribution is 0.666. The molecule has 4 nitrogen and oxygen atoms in total. The normalized spacial score (nSPS) is 11.9. The predicted molar refractivity (Wildman–Crippen MR) is 248 cm³/mol. The van der Waals surface area contributed by atoms with Crippen LogP contribution in [0.1, 0.15) is 41.7 Å². The van der Waals surface area contributed by atoms with Crippen molar-refractivity contribution in [3.63, 3.8) is 0 Å². The molecule has 9 aromatic rings. The fourth-order valence-corrected chi connectivity index (χ4v) is 8.24. The highest BCUT2D eigenvalue weighted by Crippen LogP contribution is 2.54. The fraction of sp³-hybridized carbons (Fsp3) is 0.0926. The van der Waals surface area contributed by atoms with Crippen molar-refractivity contribution in [2.75, 3.05) is 0 Å². The highest BCUT2D eigenvalue weighted by atomic mass is 14.7. The molecule has 0 radical (unpaired) electrons. The highest BCUT2D eigenvalue weighted by Gasteiger charge is 2.38. The Hall–Kier alpha value is -7.17. The molecule has 284 valence electrons. The quantitative estimate of drug-likeness (QED) is 0.0953. The third-order valence-corrected chi connectivity index (χ3v) is 10.9. The van der Waals surface area contributed by atoms with Crippen LogP contribution in [-0.4, -0.2) is 17.5 Å². The van der Waals surface area contributed by atoms with Crippen molar-refractivity contribution in [2.24, 2.45) is 5.73 Å². The number of rotatable bonds is 3. The summed E-state index contributed by atoms with van der Waals surface area (Å²) in [5.41, 5.74) is 19.8. The minimum atomic E-state index is -0.0791. The molecule has 8 aromatic carbocycles. The Morgan fingerprint density at radius 3 is 1.78 bits per heavy atom. The molecule has 1 aromatic heterocycles. The van der Waals surface area contributed by atoms with Crippen molar-refractivity contribution < 1.29 is 0 Å². The van der Waals surface area contributed by atoms with E-state index >= 15 is 0 Å². The Morgan fingerprint density at radius 2 is 1.12 bits per heavy atom. The molecular formula is C54H48N4. The van der Waals surface area contributed by atoms with Crippen LogP contribution in [0.3, 0.4) is 0 Å². The van der Waals surface area contributed by atoms with Crippen LogP contribution in [-0.2, 0) is 5.41 Å². The number of pyridine rings is 1. The molecule has 0 unspecified atom stereocenters. The molecule has 0 bridgehead atoms. The van der Waals surface area contributed by atoms with Gasteiger partial charge < -0.3 is 11.1 Å². The zero-order valence-electron chi connectivity index (χ0n) is 33.6. The van der Waals surface area contributed by atoms with Gasteiger partial charge >= 0.3 is 0 Å². The average Bonchev–Trinajstić information content (AvgIpc) is 3.51. The van der Waals surface area contributed by atoms with E-state index in [-0.39, 0.29) is 11.3 Å². The maximum Gasteiger partial charge on any atom is 0.122 e. The number of hydrogen-bond acceptors (Lipinski definition) is 3. The van der Waals surface area contributed by atoms with E-state index < -0.39 is 0 Å². The first-order valence-electron chi connectivity index (χ1n) is 19.5. The largest absolute Gasteiger partial charge is 0.384 e. The van der Waals surface area contributed by atoms with E-state index in [1.165, 1.54) is 71.4 Å². The van der Waals surface area contributed by atoms with Crippen molar-refractivity contribution in [1.82, 2.24) is 4.98 Å². The lowest BCUT2D eigenvalue weighted by Gasteiger charge is -2.23. The minimum absolute atomic E-state index is 0.0791. The molecule has 0 aliphatic heterocycles. The number of nitrogen functional groups attached to an aromatic ring is 1. The summed E-state index contributed by atoms with van der Waals surface area (Å²) < 4.78 is 0. The second-order valence-electron chi connectivity index (χ2n) is 15.1. The van der Waals surface area contributed by atoms with Crippen molar-refractivity contribution in [3.05, 3.63) is 210 Å². The van der Waals surface area contributed by atoms with E-state index in [0.29, 0.717) is 0 Å². The standard InChI is InChI=1S/C39H29N.C7H8N2.C7H8.CH3N/c1-24-21-26(23-27(22-24)38-32-15-7-6-13-30(32)31-14-8-9-18-35(31)40-38)28-16-10-17-34-36(28)33-20-19-25-11-4-5-12-29(25)37(33)39(34,2)3;8-7(9)6-4-2-1-3-5-6;1-7-5-3-2-4-6-7;1-2/h4-23H,1-3H3;1-5H,(H3,8,9);2-6H,1H3;2H,1H2. The predicted octanol–water partition coefficient (Wildman–Crippen LogP) is 13.7. The molecule has 4 N–H and O–H groups in total. The number of para-hydroxylation sites is 1. The number of fused-ring (bicyclic) bond motifs is 8. The molecule has 1 aliphatic rings. The smallest absolute Gasteiger partial charge is 0.122 e. The van der Waals surface area contributed by atoms with E-state index in [1.807, 2.05) is 48.5 Å². The van der Waals surface area contributed by atoms with E-state index in [1.54, 1.807) is 0 Å². The van der Waals surface area contributed by atoms with Crippen LogP contribution in [0.5, 0.6) is 0 Å². The van der Waals surface area contributed by atoms with Gasteiger partial charge in [-0.3, -0.25) is 5.41 Å². The molecule has 10 rings (SSSR count). The monoisotopic (exact) mass is 752 g/mol. The zero-order chi connectivity index (χ0) is 40.8. The van der Waals surface area contributed by atoms with Crippen LogP contribution in [0, 0.1) is 24.7 Å². The summed E-state index contributed by atoms with van der Waals surface area (Å²) in [7, 11) is 0. The van der Waals surface area contributed by atoms with Gasteiger partial charge in [-0.05, 0) is 93.9 Å². The molecular weight excluding hydrogens is 705 g/mol. The van der Waals surface area contributed by atoms with Crippen molar-refractivity contribution in [2.45, 2.75) is 33.1 Å². The molecule has 4 heteroatoms. The van der Waals surface area contributed by atoms with Gasteiger partial charge in [0.15, 0.2) is 0 Å². The van der Waals surface area contributed by atoms with Gasteiger partial charge in [-0.25, -0.2) is 4.98 Å². The summed E-state index contributed by atoms with van der Waals surface area (Å²) >= 11 is 0. The van der Waals surface area contributed by atoms with Gasteiger partial charge in [0, 0.05) is 27.3 Å². The first-order chi connectivity index (χ1) is 28.2. The number of amidine groups is 1. The van der Waals surface area contributed by atoms with Gasteiger partial charge in [0.2, 0.25) is 0 Å². The molecule has 0 fully saturated rings. The van der Waals surface area contributed by atoms with Crippen LogP contribution in [0.25, 0.3) is 66.0 Å². The second-order valence-corrected chi connectivity index (χ2v) is 15.1. The third kappa shape index (κ3) is 7.65. The van der Waals surface area contributed by atoms with Crippen molar-refractivity contribution in [3.8, 4) is 33.5 Å². The summed E-state index contributed by atoms with van der Waals surface area (Å²) in [6.07, 6.45) is 0. The van der Waals surface area contributed by atoms with Crippen LogP contribution in [0.2, 0.25) is 0 Å². The number of aromatic nitrogens is 1. The highest BCUT2D eigenvalue weighted by molar-refractivity contribution is 6.11. The van der Waals surface area contributed by atoms with E-state index in [4.69, 9.17) is 21.5 Å². The van der Waals surface area contributed by atoms with Crippen LogP contribution < -0.4 is 5.73 Å². The molecule has 0 spiro atoms. The Balaban J connectivity index is 0.000000236. The summed E-state index contributed by atoms with van der Waals surface area (Å²) in [5, 5.41) is 18.8. The van der Waals surface area contributed by atoms with Crippen molar-refractivity contribution >= 4 is 45.0 Å². The number of nitrogens with zero attached hydrogens (tertiary/aromatic N) is 1. The summed E-state index contributed by atoms with van der Waals surface area (Å²) in [5.74, 6) is 0.121. The molecule has 0 atom stereocenters. The van der Waals surface area contributed by atoms with Gasteiger partial charge in [-0.1, -0.05) is 183 Å². The van der Waals surface area contributed by atoms with Gasteiger partial charge in [0.1, 0.15) is 5.84 Å². The van der Waals surface area contributed by atoms with Crippen LogP contribution >= 0.6 is 0 Å². The zero-order valence-corrected chi connectivity index (χ0v) is 33.6. The molecule has 58 heavy (non-hydrogen) atoms. The molecule has 1 heterocycles. The van der Waals surface area contributed by atoms with E-state index in [2.05, 4.69) is 168 Å². The Kier molecular flexibility index (Phi) is 11.4. The summed E-state index contributed by atoms with van der Waals surface area (Å²) in [6, 6.07) is 63.8. The van der Waals surface area contributed by atoms with Gasteiger partial charge in [0.25, 0.3) is 0 Å². The molecule has 0 saturated heterocycles. The van der Waals surface area contributed by atoms with Crippen LogP contribution in [0.15, 0.2) is 182 Å². The first-order valence-corrected chi connectivity index (χ1v) is 19.5. The van der Waals surface area contributed by atoms with Crippen molar-refractivity contribution in [1.29, 1.82) is 10.8 Å². The Morgan fingerprint density at radius 1 is 0.534 bits per heavy atom. The number of hydrogen-bond donors (Lipinski definition) is 3. The number of nitrogens with one attached hydrogen (secondary N) is 2. The topological polar surface area (TPSA) is 86.6 Å². The average molecular weight is 753 g/mol. The number of benzene rings is 8. The Bertz CT molecular complexity index is 2890. The number of nitrogens with two attached hydrogens (primary N) is 1. The summed E-state index contributed by atoms with van der Waals surface area (Å²) in [4.78, 5) is 5.22. The second kappa shape index (κ2) is 16.9. The summed E-state index contributed by atoms with van der Waals surface area (Å²) in [6.45, 7) is 11.5. The lowest BCUT2D eigenvalue weighted by Crippen LogP contribution is -2.15. The first kappa shape index (κ1) is 39.1. The maximum absolute atomic E-state index is 7.01. The Labute approximate surface area is 341 Å².